The number of phenols is 1. The lowest BCUT2D eigenvalue weighted by molar-refractivity contribution is -0.124. The highest BCUT2D eigenvalue weighted by Crippen LogP contribution is 2.29. The van der Waals surface area contributed by atoms with Gasteiger partial charge in [0.25, 0.3) is 5.91 Å². The summed E-state index contributed by atoms with van der Waals surface area (Å²) in [7, 11) is 0. The number of aromatic hydroxyl groups is 1. The molecule has 0 spiro atoms. The molecule has 0 aromatic heterocycles. The van der Waals surface area contributed by atoms with Crippen molar-refractivity contribution in [3.63, 3.8) is 0 Å². The van der Waals surface area contributed by atoms with Crippen LogP contribution < -0.4 is 10.8 Å². The van der Waals surface area contributed by atoms with Crippen LogP contribution in [0.15, 0.2) is 66.7 Å². The van der Waals surface area contributed by atoms with Gasteiger partial charge in [0.05, 0.1) is 0 Å². The van der Waals surface area contributed by atoms with Gasteiger partial charge in [-0.05, 0) is 29.8 Å². The average Bonchev–Trinajstić information content (AvgIpc) is 2.65. The number of phenolic OH excluding ortho intramolecular Hbond substituents is 1. The molecule has 26 heavy (non-hydrogen) atoms. The van der Waals surface area contributed by atoms with Gasteiger partial charge in [-0.25, -0.2) is 10.3 Å². The van der Waals surface area contributed by atoms with Crippen LogP contribution in [0.4, 0.5) is 10.5 Å². The van der Waals surface area contributed by atoms with E-state index in [4.69, 9.17) is 9.94 Å². The number of nitrogens with one attached hydrogen (secondary N) is 2. The molecule has 2 atom stereocenters. The molecule has 0 fully saturated rings. The normalized spacial score (nSPS) is 13.0. The Morgan fingerprint density at radius 2 is 1.73 bits per heavy atom. The van der Waals surface area contributed by atoms with E-state index in [2.05, 4.69) is 5.32 Å². The van der Waals surface area contributed by atoms with Crippen LogP contribution in [0.5, 0.6) is 5.75 Å². The van der Waals surface area contributed by atoms with E-state index < -0.39 is 18.1 Å². The smallest absolute Gasteiger partial charge is 0.412 e. The molecule has 7 nitrogen and oxygen atoms in total. The first-order valence-corrected chi connectivity index (χ1v) is 7.93. The predicted molar refractivity (Wildman–Crippen MR) is 95.6 cm³/mol. The van der Waals surface area contributed by atoms with Crippen molar-refractivity contribution in [2.75, 3.05) is 5.32 Å². The number of ether oxygens (including phenoxy) is 1. The molecule has 4 N–H and O–H groups in total. The molecule has 2 amide bonds. The standard InChI is InChI=1S/C19H20N2O5/c1-13(7-12-17(23)21-25)18(14-8-10-16(22)11-9-14)26-19(24)20-15-5-3-2-4-6-15/h2-13,18,22,25H,1H3,(H,20,24)(H,21,23)/b12-7+/t13-,18-/m0/s1. The number of anilines is 1. The maximum absolute atomic E-state index is 12.2. The molecule has 7 heteroatoms. The lowest BCUT2D eigenvalue weighted by Gasteiger charge is -2.23. The van der Waals surface area contributed by atoms with Crippen LogP contribution in [-0.2, 0) is 9.53 Å². The zero-order valence-electron chi connectivity index (χ0n) is 14.1. The number of hydroxylamine groups is 1. The van der Waals surface area contributed by atoms with E-state index in [0.717, 1.165) is 6.08 Å². The molecule has 0 radical (unpaired) electrons. The average molecular weight is 356 g/mol. The second-order valence-corrected chi connectivity index (χ2v) is 5.60. The summed E-state index contributed by atoms with van der Waals surface area (Å²) in [5.74, 6) is -0.975. The van der Waals surface area contributed by atoms with E-state index in [1.54, 1.807) is 43.3 Å². The van der Waals surface area contributed by atoms with Gasteiger partial charge in [0.1, 0.15) is 11.9 Å². The van der Waals surface area contributed by atoms with Crippen molar-refractivity contribution in [1.82, 2.24) is 5.48 Å². The topological polar surface area (TPSA) is 108 Å². The first kappa shape index (κ1) is 19.0. The molecule has 2 aromatic rings. The second-order valence-electron chi connectivity index (χ2n) is 5.60. The summed E-state index contributed by atoms with van der Waals surface area (Å²) in [6.45, 7) is 1.76. The van der Waals surface area contributed by atoms with Gasteiger partial charge in [-0.15, -0.1) is 0 Å². The highest BCUT2D eigenvalue weighted by Gasteiger charge is 2.22. The quantitative estimate of drug-likeness (QED) is 0.360. The summed E-state index contributed by atoms with van der Waals surface area (Å²) in [6.07, 6.45) is 1.30. The molecular formula is C19H20N2O5. The predicted octanol–water partition coefficient (Wildman–Crippen LogP) is 3.38. The van der Waals surface area contributed by atoms with Gasteiger partial charge < -0.3 is 9.84 Å². The zero-order chi connectivity index (χ0) is 18.9. The van der Waals surface area contributed by atoms with Gasteiger partial charge in [-0.3, -0.25) is 15.3 Å². The van der Waals surface area contributed by atoms with Gasteiger partial charge in [-0.1, -0.05) is 43.3 Å². The van der Waals surface area contributed by atoms with E-state index in [1.807, 2.05) is 6.07 Å². The van der Waals surface area contributed by atoms with Gasteiger partial charge in [0.2, 0.25) is 0 Å². The van der Waals surface area contributed by atoms with Crippen molar-refractivity contribution in [3.05, 3.63) is 72.3 Å². The Bertz CT molecular complexity index is 759. The second kappa shape index (κ2) is 9.24. The van der Waals surface area contributed by atoms with Crippen LogP contribution in [0.1, 0.15) is 18.6 Å². The van der Waals surface area contributed by atoms with Crippen molar-refractivity contribution in [2.24, 2.45) is 5.92 Å². The number of carbonyl (C=O) groups is 2. The Kier molecular flexibility index (Phi) is 6.75. The maximum atomic E-state index is 12.2. The van der Waals surface area contributed by atoms with Crippen molar-refractivity contribution in [2.45, 2.75) is 13.0 Å². The molecule has 0 heterocycles. The maximum Gasteiger partial charge on any atom is 0.412 e. The number of para-hydroxylation sites is 1. The fraction of sp³-hybridized carbons (Fsp3) is 0.158. The number of rotatable bonds is 6. The van der Waals surface area contributed by atoms with E-state index in [9.17, 15) is 14.7 Å². The van der Waals surface area contributed by atoms with E-state index in [1.165, 1.54) is 23.7 Å². The van der Waals surface area contributed by atoms with Crippen molar-refractivity contribution < 1.29 is 24.6 Å². The van der Waals surface area contributed by atoms with Gasteiger partial charge in [0, 0.05) is 17.7 Å². The highest BCUT2D eigenvalue weighted by atomic mass is 16.6. The van der Waals surface area contributed by atoms with Crippen LogP contribution in [0.25, 0.3) is 0 Å². The van der Waals surface area contributed by atoms with Gasteiger partial charge in [-0.2, -0.15) is 0 Å². The van der Waals surface area contributed by atoms with Crippen LogP contribution in [-0.4, -0.2) is 22.3 Å². The Morgan fingerprint density at radius 1 is 1.08 bits per heavy atom. The molecule has 136 valence electrons. The van der Waals surface area contributed by atoms with Crippen molar-refractivity contribution >= 4 is 17.7 Å². The highest BCUT2D eigenvalue weighted by molar-refractivity contribution is 5.86. The molecule has 0 saturated heterocycles. The Hall–Kier alpha value is -3.32. The van der Waals surface area contributed by atoms with Crippen molar-refractivity contribution in [1.29, 1.82) is 0 Å². The summed E-state index contributed by atoms with van der Waals surface area (Å²) >= 11 is 0. The Morgan fingerprint density at radius 3 is 2.35 bits per heavy atom. The van der Waals surface area contributed by atoms with Crippen LogP contribution in [0.2, 0.25) is 0 Å². The molecule has 0 unspecified atom stereocenters. The number of benzene rings is 2. The summed E-state index contributed by atoms with van der Waals surface area (Å²) in [5.41, 5.74) is 2.73. The molecular weight excluding hydrogens is 336 g/mol. The number of hydrogen-bond donors (Lipinski definition) is 4. The summed E-state index contributed by atoms with van der Waals surface area (Å²) < 4.78 is 5.53. The van der Waals surface area contributed by atoms with Crippen molar-refractivity contribution in [3.8, 4) is 5.75 Å². The zero-order valence-corrected chi connectivity index (χ0v) is 14.1. The molecule has 0 bridgehead atoms. The first-order valence-electron chi connectivity index (χ1n) is 7.93. The van der Waals surface area contributed by atoms with Gasteiger partial charge in [0.15, 0.2) is 0 Å². The summed E-state index contributed by atoms with van der Waals surface area (Å²) in [4.78, 5) is 23.4. The fourth-order valence-electron chi connectivity index (χ4n) is 2.30. The van der Waals surface area contributed by atoms with Crippen LogP contribution in [0, 0.1) is 5.92 Å². The third kappa shape index (κ3) is 5.64. The van der Waals surface area contributed by atoms with Crippen LogP contribution in [0.3, 0.4) is 0 Å². The third-order valence-corrected chi connectivity index (χ3v) is 3.61. The third-order valence-electron chi connectivity index (χ3n) is 3.61. The van der Waals surface area contributed by atoms with E-state index in [-0.39, 0.29) is 11.7 Å². The first-order chi connectivity index (χ1) is 12.5. The number of amides is 2. The molecule has 2 aromatic carbocycles. The molecule has 0 aliphatic rings. The lowest BCUT2D eigenvalue weighted by atomic mass is 9.96. The number of hydrogen-bond acceptors (Lipinski definition) is 5. The molecule has 2 rings (SSSR count). The monoisotopic (exact) mass is 356 g/mol. The number of carbonyl (C=O) groups excluding carboxylic acids is 2. The van der Waals surface area contributed by atoms with E-state index >= 15 is 0 Å². The fourth-order valence-corrected chi connectivity index (χ4v) is 2.30. The lowest BCUT2D eigenvalue weighted by Crippen LogP contribution is -2.22. The molecule has 0 aliphatic carbocycles. The molecule has 0 aliphatic heterocycles. The summed E-state index contributed by atoms with van der Waals surface area (Å²) in [6, 6.07) is 15.1. The van der Waals surface area contributed by atoms with E-state index in [0.29, 0.717) is 11.3 Å². The minimum absolute atomic E-state index is 0.0871. The minimum atomic E-state index is -0.706. The molecule has 0 saturated carbocycles. The minimum Gasteiger partial charge on any atom is -0.508 e. The van der Waals surface area contributed by atoms with Crippen LogP contribution >= 0.6 is 0 Å². The summed E-state index contributed by atoms with van der Waals surface area (Å²) in [5, 5.41) is 20.6. The Balaban J connectivity index is 2.16. The largest absolute Gasteiger partial charge is 0.508 e. The van der Waals surface area contributed by atoms with Gasteiger partial charge >= 0.3 is 6.09 Å². The Labute approximate surface area is 150 Å². The SMILES string of the molecule is C[C@@H](/C=C/C(=O)NO)[C@H](OC(=O)Nc1ccccc1)c1ccc(O)cc1.